The minimum Gasteiger partial charge on any atom is -0.359 e. The van der Waals surface area contributed by atoms with E-state index in [1.165, 1.54) is 6.07 Å². The van der Waals surface area contributed by atoms with Crippen LogP contribution in [0.3, 0.4) is 0 Å². The van der Waals surface area contributed by atoms with Crippen molar-refractivity contribution >= 4 is 21.8 Å². The van der Waals surface area contributed by atoms with Crippen molar-refractivity contribution in [2.45, 2.75) is 19.3 Å². The van der Waals surface area contributed by atoms with E-state index in [0.29, 0.717) is 12.0 Å². The first kappa shape index (κ1) is 15.7. The third kappa shape index (κ3) is 3.91. The lowest BCUT2D eigenvalue weighted by molar-refractivity contribution is -0.120. The van der Waals surface area contributed by atoms with Crippen LogP contribution < -0.4 is 5.32 Å². The average molecular weight is 350 g/mol. The van der Waals surface area contributed by atoms with Crippen LogP contribution in [-0.4, -0.2) is 13.0 Å². The molecule has 0 fully saturated rings. The number of hydrogen-bond acceptors (Lipinski definition) is 1. The smallest absolute Gasteiger partial charge is 0.220 e. The Morgan fingerprint density at radius 3 is 2.38 bits per heavy atom. The zero-order chi connectivity index (χ0) is 15.4. The molecule has 0 saturated heterocycles. The lowest BCUT2D eigenvalue weighted by Gasteiger charge is -2.18. The molecule has 1 amide bonds. The quantitative estimate of drug-likeness (QED) is 0.881. The summed E-state index contributed by atoms with van der Waals surface area (Å²) in [5.41, 5.74) is 2.40. The molecule has 0 heterocycles. The first-order chi connectivity index (χ1) is 10.0. The van der Waals surface area contributed by atoms with E-state index in [1.54, 1.807) is 20.0 Å². The number of benzene rings is 2. The summed E-state index contributed by atoms with van der Waals surface area (Å²) in [7, 11) is 1.61. The second-order valence-corrected chi connectivity index (χ2v) is 5.91. The summed E-state index contributed by atoms with van der Waals surface area (Å²) in [6.07, 6.45) is 0.292. The van der Waals surface area contributed by atoms with Crippen molar-refractivity contribution in [2.75, 3.05) is 7.05 Å². The molecule has 1 N–H and O–H groups in total. The van der Waals surface area contributed by atoms with Crippen molar-refractivity contribution in [1.29, 1.82) is 0 Å². The van der Waals surface area contributed by atoms with Crippen LogP contribution in [0.15, 0.2) is 46.9 Å². The number of hydrogen-bond donors (Lipinski definition) is 1. The fourth-order valence-corrected chi connectivity index (χ4v) is 2.50. The van der Waals surface area contributed by atoms with Crippen molar-refractivity contribution in [3.8, 4) is 0 Å². The summed E-state index contributed by atoms with van der Waals surface area (Å²) >= 11 is 3.40. The van der Waals surface area contributed by atoms with Gasteiger partial charge in [-0.15, -0.1) is 0 Å². The number of aryl methyl sites for hydroxylation is 1. The minimum atomic E-state index is -0.244. The molecular formula is C17H17BrFNO. The molecule has 2 nitrogen and oxygen atoms in total. The molecule has 0 aliphatic rings. The van der Waals surface area contributed by atoms with E-state index in [4.69, 9.17) is 0 Å². The Morgan fingerprint density at radius 2 is 1.81 bits per heavy atom. The van der Waals surface area contributed by atoms with Gasteiger partial charge in [-0.2, -0.15) is 0 Å². The van der Waals surface area contributed by atoms with Crippen LogP contribution in [0.4, 0.5) is 4.39 Å². The van der Waals surface area contributed by atoms with Crippen LogP contribution in [0.5, 0.6) is 0 Å². The van der Waals surface area contributed by atoms with E-state index in [0.717, 1.165) is 15.6 Å². The van der Waals surface area contributed by atoms with Gasteiger partial charge in [0.15, 0.2) is 0 Å². The summed E-state index contributed by atoms with van der Waals surface area (Å²) in [6.45, 7) is 1.73. The summed E-state index contributed by atoms with van der Waals surface area (Å²) in [5.74, 6) is -0.469. The van der Waals surface area contributed by atoms with Crippen LogP contribution >= 0.6 is 15.9 Å². The minimum absolute atomic E-state index is 0.0658. The van der Waals surface area contributed by atoms with Crippen LogP contribution in [0.2, 0.25) is 0 Å². The molecule has 2 aromatic carbocycles. The first-order valence-electron chi connectivity index (χ1n) is 6.73. The second-order valence-electron chi connectivity index (χ2n) is 4.99. The molecule has 0 radical (unpaired) electrons. The Bertz CT molecular complexity index is 640. The molecular weight excluding hydrogens is 333 g/mol. The van der Waals surface area contributed by atoms with Gasteiger partial charge in [0, 0.05) is 23.9 Å². The molecule has 21 heavy (non-hydrogen) atoms. The molecule has 1 atom stereocenters. The standard InChI is InChI=1S/C17H17BrFNO/c1-11-3-4-13(9-16(11)19)15(10-17(21)20-2)12-5-7-14(18)8-6-12/h3-9,15H,10H2,1-2H3,(H,20,21). The van der Waals surface area contributed by atoms with E-state index < -0.39 is 0 Å². The molecule has 2 rings (SSSR count). The normalized spacial score (nSPS) is 12.0. The van der Waals surface area contributed by atoms with Crippen molar-refractivity contribution in [1.82, 2.24) is 5.32 Å². The Hall–Kier alpha value is -1.68. The topological polar surface area (TPSA) is 29.1 Å². The predicted octanol–water partition coefficient (Wildman–Crippen LogP) is 4.16. The van der Waals surface area contributed by atoms with Gasteiger partial charge < -0.3 is 5.32 Å². The molecule has 0 aliphatic carbocycles. The second kappa shape index (κ2) is 6.85. The molecule has 0 spiro atoms. The molecule has 0 aromatic heterocycles. The molecule has 110 valence electrons. The van der Waals surface area contributed by atoms with Crippen LogP contribution in [0, 0.1) is 12.7 Å². The third-order valence-corrected chi connectivity index (χ3v) is 4.07. The van der Waals surface area contributed by atoms with E-state index >= 15 is 0 Å². The molecule has 0 saturated carbocycles. The van der Waals surface area contributed by atoms with Crippen molar-refractivity contribution in [3.05, 3.63) is 69.4 Å². The fourth-order valence-electron chi connectivity index (χ4n) is 2.24. The number of nitrogens with one attached hydrogen (secondary N) is 1. The monoisotopic (exact) mass is 349 g/mol. The predicted molar refractivity (Wildman–Crippen MR) is 85.8 cm³/mol. The highest BCUT2D eigenvalue weighted by Gasteiger charge is 2.18. The van der Waals surface area contributed by atoms with Gasteiger partial charge >= 0.3 is 0 Å². The summed E-state index contributed by atoms with van der Waals surface area (Å²) in [5, 5.41) is 2.63. The van der Waals surface area contributed by atoms with E-state index in [1.807, 2.05) is 30.3 Å². The molecule has 1 unspecified atom stereocenters. The van der Waals surface area contributed by atoms with Gasteiger partial charge in [0.2, 0.25) is 5.91 Å². The highest BCUT2D eigenvalue weighted by molar-refractivity contribution is 9.10. The average Bonchev–Trinajstić information content (AvgIpc) is 2.48. The zero-order valence-electron chi connectivity index (χ0n) is 12.0. The SMILES string of the molecule is CNC(=O)CC(c1ccc(Br)cc1)c1ccc(C)c(F)c1. The van der Waals surface area contributed by atoms with Gasteiger partial charge in [0.05, 0.1) is 0 Å². The zero-order valence-corrected chi connectivity index (χ0v) is 13.6. The van der Waals surface area contributed by atoms with Gasteiger partial charge in [-0.1, -0.05) is 40.2 Å². The number of halogens is 2. The largest absolute Gasteiger partial charge is 0.359 e. The van der Waals surface area contributed by atoms with Crippen LogP contribution in [-0.2, 0) is 4.79 Å². The van der Waals surface area contributed by atoms with Gasteiger partial charge in [-0.05, 0) is 41.8 Å². The number of rotatable bonds is 4. The first-order valence-corrected chi connectivity index (χ1v) is 7.52. The van der Waals surface area contributed by atoms with Gasteiger partial charge in [0.1, 0.15) is 5.82 Å². The summed E-state index contributed by atoms with van der Waals surface area (Å²) < 4.78 is 14.8. The highest BCUT2D eigenvalue weighted by atomic mass is 79.9. The van der Waals surface area contributed by atoms with E-state index in [2.05, 4.69) is 21.2 Å². The Morgan fingerprint density at radius 1 is 1.19 bits per heavy atom. The van der Waals surface area contributed by atoms with Crippen LogP contribution in [0.25, 0.3) is 0 Å². The molecule has 2 aromatic rings. The number of carbonyl (C=O) groups excluding carboxylic acids is 1. The van der Waals surface area contributed by atoms with E-state index in [-0.39, 0.29) is 17.6 Å². The van der Waals surface area contributed by atoms with Crippen LogP contribution in [0.1, 0.15) is 29.0 Å². The van der Waals surface area contributed by atoms with Crippen molar-refractivity contribution in [3.63, 3.8) is 0 Å². The van der Waals surface area contributed by atoms with Crippen molar-refractivity contribution in [2.24, 2.45) is 0 Å². The summed E-state index contributed by atoms with van der Waals surface area (Å²) in [4.78, 5) is 11.8. The highest BCUT2D eigenvalue weighted by Crippen LogP contribution is 2.30. The number of amides is 1. The maximum Gasteiger partial charge on any atom is 0.220 e. The lowest BCUT2D eigenvalue weighted by Crippen LogP contribution is -2.21. The van der Waals surface area contributed by atoms with Gasteiger partial charge in [0.25, 0.3) is 0 Å². The molecule has 0 bridgehead atoms. The Labute approximate surface area is 132 Å². The Balaban J connectivity index is 2.41. The fraction of sp³-hybridized carbons (Fsp3) is 0.235. The lowest BCUT2D eigenvalue weighted by atomic mass is 9.88. The molecule has 4 heteroatoms. The van der Waals surface area contributed by atoms with E-state index in [9.17, 15) is 9.18 Å². The number of carbonyl (C=O) groups is 1. The maximum atomic E-state index is 13.8. The van der Waals surface area contributed by atoms with Gasteiger partial charge in [-0.3, -0.25) is 4.79 Å². The van der Waals surface area contributed by atoms with Gasteiger partial charge in [-0.25, -0.2) is 4.39 Å². The summed E-state index contributed by atoms with van der Waals surface area (Å²) in [6, 6.07) is 12.9. The van der Waals surface area contributed by atoms with Crippen molar-refractivity contribution < 1.29 is 9.18 Å². The maximum absolute atomic E-state index is 13.8. The third-order valence-electron chi connectivity index (χ3n) is 3.54. The molecule has 0 aliphatic heterocycles. The Kier molecular flexibility index (Phi) is 5.12.